The first-order valence-electron chi connectivity index (χ1n) is 2.62. The highest BCUT2D eigenvalue weighted by Gasteiger charge is 1.93. The first-order chi connectivity index (χ1) is 3.83. The topological polar surface area (TPSA) is 25.8 Å². The number of nitrogens with zero attached hydrogens (tertiary/aromatic N) is 2. The second-order valence-electron chi connectivity index (χ2n) is 1.58. The van der Waals surface area contributed by atoms with Gasteiger partial charge in [0.15, 0.2) is 0 Å². The van der Waals surface area contributed by atoms with Gasteiger partial charge >= 0.3 is 0 Å². The van der Waals surface area contributed by atoms with E-state index in [1.165, 1.54) is 11.5 Å². The normalized spacial score (nSPS) is 9.75. The zero-order chi connectivity index (χ0) is 5.98. The Labute approximate surface area is 52.7 Å². The average Bonchev–Trinajstić information content (AvgIpc) is 2.14. The van der Waals surface area contributed by atoms with E-state index in [4.69, 9.17) is 0 Å². The summed E-state index contributed by atoms with van der Waals surface area (Å²) in [5, 5.41) is 1.06. The predicted molar refractivity (Wildman–Crippen MR) is 34.0 cm³/mol. The van der Waals surface area contributed by atoms with E-state index in [0.29, 0.717) is 0 Å². The fourth-order valence-electron chi connectivity index (χ4n) is 0.485. The maximum atomic E-state index is 4.14. The third-order valence-electron chi connectivity index (χ3n) is 0.886. The van der Waals surface area contributed by atoms with Gasteiger partial charge in [-0.15, -0.1) is 0 Å². The summed E-state index contributed by atoms with van der Waals surface area (Å²) in [4.78, 5) is 4.14. The van der Waals surface area contributed by atoms with Crippen molar-refractivity contribution < 1.29 is 0 Å². The highest BCUT2D eigenvalue weighted by Crippen LogP contribution is 2.01. The Hall–Kier alpha value is -0.440. The lowest BCUT2D eigenvalue weighted by Gasteiger charge is -1.77. The Morgan fingerprint density at radius 1 is 1.62 bits per heavy atom. The molecule has 2 nitrogen and oxygen atoms in total. The summed E-state index contributed by atoms with van der Waals surface area (Å²) >= 11 is 1.47. The second kappa shape index (κ2) is 2.22. The lowest BCUT2D eigenvalue weighted by atomic mass is 10.5. The summed E-state index contributed by atoms with van der Waals surface area (Å²) in [7, 11) is 0. The summed E-state index contributed by atoms with van der Waals surface area (Å²) in [6, 6.07) is 0. The smallest absolute Gasteiger partial charge is 0.142 e. The number of hydrogen-bond donors (Lipinski definition) is 0. The van der Waals surface area contributed by atoms with E-state index in [0.717, 1.165) is 17.3 Å². The minimum Gasteiger partial charge on any atom is -0.225 e. The number of aromatic nitrogens is 2. The van der Waals surface area contributed by atoms with Gasteiger partial charge in [0.2, 0.25) is 0 Å². The van der Waals surface area contributed by atoms with E-state index >= 15 is 0 Å². The molecule has 0 saturated carbocycles. The number of hydrogen-bond acceptors (Lipinski definition) is 3. The molecule has 0 fully saturated rings. The molecule has 0 amide bonds. The molecule has 1 rings (SSSR count). The molecule has 8 heavy (non-hydrogen) atoms. The van der Waals surface area contributed by atoms with Gasteiger partial charge in [0.1, 0.15) is 10.8 Å². The van der Waals surface area contributed by atoms with Crippen LogP contribution in [0.5, 0.6) is 0 Å². The van der Waals surface area contributed by atoms with Crippen LogP contribution >= 0.6 is 11.5 Å². The SMILES string of the molecule is CCc1nsc(C)n1. The predicted octanol–water partition coefficient (Wildman–Crippen LogP) is 1.41. The third kappa shape index (κ3) is 1.04. The number of aryl methyl sites for hydroxylation is 2. The van der Waals surface area contributed by atoms with Crippen molar-refractivity contribution in [1.82, 2.24) is 9.36 Å². The first-order valence-corrected chi connectivity index (χ1v) is 3.39. The lowest BCUT2D eigenvalue weighted by molar-refractivity contribution is 0.987. The van der Waals surface area contributed by atoms with Crippen LogP contribution in [-0.4, -0.2) is 9.36 Å². The van der Waals surface area contributed by atoms with Crippen LogP contribution in [0, 0.1) is 6.92 Å². The Morgan fingerprint density at radius 2 is 2.38 bits per heavy atom. The molecule has 0 aliphatic carbocycles. The highest BCUT2D eigenvalue weighted by molar-refractivity contribution is 7.05. The van der Waals surface area contributed by atoms with Crippen LogP contribution in [0.1, 0.15) is 17.8 Å². The zero-order valence-electron chi connectivity index (χ0n) is 5.01. The summed E-state index contributed by atoms with van der Waals surface area (Å²) in [6.07, 6.45) is 0.949. The second-order valence-corrected chi connectivity index (χ2v) is 2.54. The Kier molecular flexibility index (Phi) is 1.58. The third-order valence-corrected chi connectivity index (χ3v) is 1.54. The molecule has 0 aliphatic rings. The van der Waals surface area contributed by atoms with Gasteiger partial charge in [-0.25, -0.2) is 4.98 Å². The summed E-state index contributed by atoms with van der Waals surface area (Å²) in [5.74, 6) is 0.965. The number of rotatable bonds is 1. The Balaban J connectivity index is 2.84. The molecule has 0 saturated heterocycles. The van der Waals surface area contributed by atoms with E-state index < -0.39 is 0 Å². The van der Waals surface area contributed by atoms with Crippen LogP contribution in [0.3, 0.4) is 0 Å². The van der Waals surface area contributed by atoms with Crippen molar-refractivity contribution in [2.45, 2.75) is 20.3 Å². The van der Waals surface area contributed by atoms with E-state index in [-0.39, 0.29) is 0 Å². The van der Waals surface area contributed by atoms with Gasteiger partial charge in [-0.3, -0.25) is 0 Å². The fourth-order valence-corrected chi connectivity index (χ4v) is 1.04. The van der Waals surface area contributed by atoms with Crippen LogP contribution in [0.4, 0.5) is 0 Å². The van der Waals surface area contributed by atoms with Gasteiger partial charge in [-0.1, -0.05) is 6.92 Å². The molecule has 0 aliphatic heterocycles. The molecule has 0 aromatic carbocycles. The fraction of sp³-hybridized carbons (Fsp3) is 0.600. The average molecular weight is 128 g/mol. The van der Waals surface area contributed by atoms with Crippen LogP contribution in [0.2, 0.25) is 0 Å². The molecule has 1 heterocycles. The maximum Gasteiger partial charge on any atom is 0.142 e. The first kappa shape index (κ1) is 5.69. The minimum atomic E-state index is 0.949. The molecule has 0 unspecified atom stereocenters. The van der Waals surface area contributed by atoms with Gasteiger partial charge in [-0.05, 0) is 18.5 Å². The highest BCUT2D eigenvalue weighted by atomic mass is 32.1. The Morgan fingerprint density at radius 3 is 2.62 bits per heavy atom. The standard InChI is InChI=1S/C5H8N2S/c1-3-5-6-4(2)8-7-5/h3H2,1-2H3. The molecule has 1 aromatic heterocycles. The molecule has 0 atom stereocenters. The van der Waals surface area contributed by atoms with Gasteiger partial charge < -0.3 is 0 Å². The molecule has 0 bridgehead atoms. The maximum absolute atomic E-state index is 4.14. The van der Waals surface area contributed by atoms with Crippen molar-refractivity contribution in [2.24, 2.45) is 0 Å². The molecule has 44 valence electrons. The summed E-state index contributed by atoms with van der Waals surface area (Å²) < 4.78 is 4.06. The van der Waals surface area contributed by atoms with Crippen molar-refractivity contribution in [3.8, 4) is 0 Å². The largest absolute Gasteiger partial charge is 0.225 e. The van der Waals surface area contributed by atoms with E-state index in [9.17, 15) is 0 Å². The van der Waals surface area contributed by atoms with Gasteiger partial charge in [0.25, 0.3) is 0 Å². The lowest BCUT2D eigenvalue weighted by Crippen LogP contribution is -1.80. The van der Waals surface area contributed by atoms with Crippen LogP contribution in [-0.2, 0) is 6.42 Å². The van der Waals surface area contributed by atoms with Gasteiger partial charge in [-0.2, -0.15) is 4.37 Å². The van der Waals surface area contributed by atoms with E-state index in [2.05, 4.69) is 16.3 Å². The molecule has 0 radical (unpaired) electrons. The monoisotopic (exact) mass is 128 g/mol. The van der Waals surface area contributed by atoms with Crippen LogP contribution in [0.15, 0.2) is 0 Å². The van der Waals surface area contributed by atoms with E-state index in [1.54, 1.807) is 0 Å². The molecular weight excluding hydrogens is 120 g/mol. The molecule has 3 heteroatoms. The summed E-state index contributed by atoms with van der Waals surface area (Å²) in [6.45, 7) is 4.03. The zero-order valence-corrected chi connectivity index (χ0v) is 5.83. The minimum absolute atomic E-state index is 0.949. The molecular formula is C5H8N2S. The van der Waals surface area contributed by atoms with Crippen LogP contribution in [0.25, 0.3) is 0 Å². The van der Waals surface area contributed by atoms with Crippen LogP contribution < -0.4 is 0 Å². The molecule has 0 N–H and O–H groups in total. The molecule has 0 spiro atoms. The van der Waals surface area contributed by atoms with E-state index in [1.807, 2.05) is 6.92 Å². The van der Waals surface area contributed by atoms with Crippen molar-refractivity contribution in [3.05, 3.63) is 10.8 Å². The quantitative estimate of drug-likeness (QED) is 0.571. The van der Waals surface area contributed by atoms with Crippen molar-refractivity contribution in [2.75, 3.05) is 0 Å². The van der Waals surface area contributed by atoms with Crippen molar-refractivity contribution in [3.63, 3.8) is 0 Å². The summed E-state index contributed by atoms with van der Waals surface area (Å²) in [5.41, 5.74) is 0. The van der Waals surface area contributed by atoms with Gasteiger partial charge in [0.05, 0.1) is 0 Å². The van der Waals surface area contributed by atoms with Crippen molar-refractivity contribution in [1.29, 1.82) is 0 Å². The van der Waals surface area contributed by atoms with Gasteiger partial charge in [0, 0.05) is 6.42 Å². The van der Waals surface area contributed by atoms with Crippen molar-refractivity contribution >= 4 is 11.5 Å². The Bertz CT molecular complexity index is 171. The molecule has 1 aromatic rings.